The van der Waals surface area contributed by atoms with Crippen molar-refractivity contribution in [2.24, 2.45) is 0 Å². The molecule has 0 atom stereocenters. The Morgan fingerprint density at radius 1 is 1.12 bits per heavy atom. The second kappa shape index (κ2) is 7.98. The number of nitrogens with one attached hydrogen (secondary N) is 1. The summed E-state index contributed by atoms with van der Waals surface area (Å²) in [5, 5.41) is 10.5. The van der Waals surface area contributed by atoms with Crippen LogP contribution < -0.4 is 5.32 Å². The number of aromatic nitrogens is 2. The number of nitrogens with zero attached hydrogens (tertiary/aromatic N) is 2. The standard InChI is InChI=1S/C19H19N3O2S/c1-13-8-9-16(14(2)12-13)18(23)20-19-22-21-17(24-19)10-11-25-15-6-4-3-5-7-15/h3-9,12H,10-11H2,1-2H3,(H,20,22,23). The van der Waals surface area contributed by atoms with E-state index < -0.39 is 0 Å². The van der Waals surface area contributed by atoms with Gasteiger partial charge in [-0.3, -0.25) is 10.1 Å². The number of rotatable bonds is 6. The van der Waals surface area contributed by atoms with Gasteiger partial charge in [0.25, 0.3) is 5.91 Å². The van der Waals surface area contributed by atoms with Crippen molar-refractivity contribution in [1.82, 2.24) is 10.2 Å². The highest BCUT2D eigenvalue weighted by Crippen LogP contribution is 2.19. The average molecular weight is 353 g/mol. The summed E-state index contributed by atoms with van der Waals surface area (Å²) in [5.74, 6) is 1.10. The number of carbonyl (C=O) groups excluding carboxylic acids is 1. The van der Waals surface area contributed by atoms with Crippen LogP contribution in [0.1, 0.15) is 27.4 Å². The van der Waals surface area contributed by atoms with Crippen LogP contribution in [0.3, 0.4) is 0 Å². The molecule has 5 nitrogen and oxygen atoms in total. The molecule has 0 unspecified atom stereocenters. The molecule has 0 saturated carbocycles. The van der Waals surface area contributed by atoms with Crippen molar-refractivity contribution in [3.63, 3.8) is 0 Å². The van der Waals surface area contributed by atoms with E-state index in [0.29, 0.717) is 17.9 Å². The topological polar surface area (TPSA) is 68.0 Å². The largest absolute Gasteiger partial charge is 0.408 e. The lowest BCUT2D eigenvalue weighted by Gasteiger charge is -2.05. The molecule has 6 heteroatoms. The summed E-state index contributed by atoms with van der Waals surface area (Å²) in [4.78, 5) is 13.5. The lowest BCUT2D eigenvalue weighted by atomic mass is 10.1. The molecule has 0 spiro atoms. The Balaban J connectivity index is 1.55. The second-order valence-corrected chi connectivity index (χ2v) is 6.85. The van der Waals surface area contributed by atoms with Crippen LogP contribution in [0.5, 0.6) is 0 Å². The highest BCUT2D eigenvalue weighted by Gasteiger charge is 2.13. The summed E-state index contributed by atoms with van der Waals surface area (Å²) in [6.07, 6.45) is 0.645. The van der Waals surface area contributed by atoms with E-state index in [2.05, 4.69) is 27.6 Å². The van der Waals surface area contributed by atoms with Crippen LogP contribution in [-0.2, 0) is 6.42 Å². The Morgan fingerprint density at radius 2 is 1.92 bits per heavy atom. The van der Waals surface area contributed by atoms with E-state index in [4.69, 9.17) is 4.42 Å². The summed E-state index contributed by atoms with van der Waals surface area (Å²) < 4.78 is 5.51. The zero-order valence-corrected chi connectivity index (χ0v) is 15.0. The number of anilines is 1. The van der Waals surface area contributed by atoms with Crippen molar-refractivity contribution < 1.29 is 9.21 Å². The van der Waals surface area contributed by atoms with Crippen LogP contribution in [0, 0.1) is 13.8 Å². The molecule has 1 amide bonds. The first kappa shape index (κ1) is 17.2. The minimum absolute atomic E-state index is 0.129. The van der Waals surface area contributed by atoms with Gasteiger partial charge in [-0.15, -0.1) is 16.9 Å². The van der Waals surface area contributed by atoms with Gasteiger partial charge < -0.3 is 4.42 Å². The Morgan fingerprint density at radius 3 is 2.68 bits per heavy atom. The fourth-order valence-corrected chi connectivity index (χ4v) is 3.27. The van der Waals surface area contributed by atoms with Crippen LogP contribution in [0.2, 0.25) is 0 Å². The summed E-state index contributed by atoms with van der Waals surface area (Å²) in [7, 11) is 0. The van der Waals surface area contributed by atoms with E-state index in [-0.39, 0.29) is 11.9 Å². The number of aryl methyl sites for hydroxylation is 3. The zero-order chi connectivity index (χ0) is 17.6. The number of thioether (sulfide) groups is 1. The third-order valence-corrected chi connectivity index (χ3v) is 4.66. The van der Waals surface area contributed by atoms with Crippen molar-refractivity contribution in [1.29, 1.82) is 0 Å². The molecule has 0 aliphatic rings. The Bertz CT molecular complexity index is 862. The molecular formula is C19H19N3O2S. The van der Waals surface area contributed by atoms with Crippen molar-refractivity contribution in [3.8, 4) is 0 Å². The molecule has 0 radical (unpaired) electrons. The molecule has 0 saturated heterocycles. The third kappa shape index (κ3) is 4.70. The smallest absolute Gasteiger partial charge is 0.322 e. The summed E-state index contributed by atoms with van der Waals surface area (Å²) >= 11 is 1.72. The molecule has 0 bridgehead atoms. The van der Waals surface area contributed by atoms with Crippen molar-refractivity contribution in [2.45, 2.75) is 25.2 Å². The Kier molecular flexibility index (Phi) is 5.50. The molecular weight excluding hydrogens is 334 g/mol. The molecule has 2 aromatic carbocycles. The number of hydrogen-bond donors (Lipinski definition) is 1. The van der Waals surface area contributed by atoms with Crippen molar-refractivity contribution in [3.05, 3.63) is 71.1 Å². The van der Waals surface area contributed by atoms with E-state index in [1.54, 1.807) is 17.8 Å². The fraction of sp³-hybridized carbons (Fsp3) is 0.211. The van der Waals surface area contributed by atoms with Crippen molar-refractivity contribution in [2.75, 3.05) is 11.1 Å². The first-order valence-electron chi connectivity index (χ1n) is 8.00. The summed E-state index contributed by atoms with van der Waals surface area (Å²) in [6, 6.07) is 15.9. The monoisotopic (exact) mass is 353 g/mol. The minimum atomic E-state index is -0.244. The normalized spacial score (nSPS) is 10.6. The van der Waals surface area contributed by atoms with E-state index in [0.717, 1.165) is 16.9 Å². The molecule has 3 rings (SSSR count). The van der Waals surface area contributed by atoms with Gasteiger partial charge >= 0.3 is 6.01 Å². The third-order valence-electron chi connectivity index (χ3n) is 3.64. The highest BCUT2D eigenvalue weighted by molar-refractivity contribution is 7.99. The van der Waals surface area contributed by atoms with E-state index in [1.807, 2.05) is 44.2 Å². The Labute approximate surface area is 150 Å². The lowest BCUT2D eigenvalue weighted by Crippen LogP contribution is -2.13. The number of benzene rings is 2. The number of carbonyl (C=O) groups is 1. The van der Waals surface area contributed by atoms with Gasteiger partial charge in [-0.2, -0.15) is 0 Å². The van der Waals surface area contributed by atoms with Crippen LogP contribution >= 0.6 is 11.8 Å². The summed E-state index contributed by atoms with van der Waals surface area (Å²) in [5.41, 5.74) is 2.63. The molecule has 25 heavy (non-hydrogen) atoms. The number of amides is 1. The van der Waals surface area contributed by atoms with Crippen LogP contribution in [0.4, 0.5) is 6.01 Å². The van der Waals surface area contributed by atoms with E-state index >= 15 is 0 Å². The zero-order valence-electron chi connectivity index (χ0n) is 14.2. The van der Waals surface area contributed by atoms with Gasteiger partial charge in [-0.25, -0.2) is 0 Å². The molecule has 0 aliphatic heterocycles. The maximum absolute atomic E-state index is 12.3. The maximum atomic E-state index is 12.3. The average Bonchev–Trinajstić information content (AvgIpc) is 3.03. The Hall–Kier alpha value is -2.60. The SMILES string of the molecule is Cc1ccc(C(=O)Nc2nnc(CCSc3ccccc3)o2)c(C)c1. The van der Waals surface area contributed by atoms with Gasteiger partial charge in [-0.05, 0) is 37.6 Å². The molecule has 128 valence electrons. The molecule has 0 fully saturated rings. The number of hydrogen-bond acceptors (Lipinski definition) is 5. The predicted molar refractivity (Wildman–Crippen MR) is 99.0 cm³/mol. The van der Waals surface area contributed by atoms with Gasteiger partial charge in [0.1, 0.15) is 0 Å². The summed E-state index contributed by atoms with van der Waals surface area (Å²) in [6.45, 7) is 3.90. The highest BCUT2D eigenvalue weighted by atomic mass is 32.2. The minimum Gasteiger partial charge on any atom is -0.408 e. The maximum Gasteiger partial charge on any atom is 0.322 e. The second-order valence-electron chi connectivity index (χ2n) is 5.68. The molecule has 0 aliphatic carbocycles. The molecule has 1 aromatic heterocycles. The van der Waals surface area contributed by atoms with Crippen molar-refractivity contribution >= 4 is 23.7 Å². The van der Waals surface area contributed by atoms with Gasteiger partial charge in [0.15, 0.2) is 0 Å². The van der Waals surface area contributed by atoms with Crippen LogP contribution in [0.25, 0.3) is 0 Å². The first-order chi connectivity index (χ1) is 12.1. The fourth-order valence-electron chi connectivity index (χ4n) is 2.41. The van der Waals surface area contributed by atoms with E-state index in [9.17, 15) is 4.79 Å². The first-order valence-corrected chi connectivity index (χ1v) is 8.99. The van der Waals surface area contributed by atoms with Crippen LogP contribution in [0.15, 0.2) is 57.8 Å². The predicted octanol–water partition coefficient (Wildman–Crippen LogP) is 4.27. The van der Waals surface area contributed by atoms with Crippen LogP contribution in [-0.4, -0.2) is 21.9 Å². The molecule has 1 N–H and O–H groups in total. The van der Waals surface area contributed by atoms with Gasteiger partial charge in [0, 0.05) is 22.6 Å². The van der Waals surface area contributed by atoms with Gasteiger partial charge in [0.05, 0.1) is 0 Å². The molecule has 1 heterocycles. The van der Waals surface area contributed by atoms with Gasteiger partial charge in [-0.1, -0.05) is 41.0 Å². The lowest BCUT2D eigenvalue weighted by molar-refractivity contribution is 0.102. The molecule has 3 aromatic rings. The van der Waals surface area contributed by atoms with E-state index in [1.165, 1.54) is 4.90 Å². The quantitative estimate of drug-likeness (QED) is 0.670. The van der Waals surface area contributed by atoms with Gasteiger partial charge in [0.2, 0.25) is 5.89 Å².